The molecule has 0 saturated heterocycles. The van der Waals surface area contributed by atoms with Crippen molar-refractivity contribution in [3.05, 3.63) is 106 Å². The fourth-order valence-corrected chi connectivity index (χ4v) is 3.32. The van der Waals surface area contributed by atoms with Gasteiger partial charge < -0.3 is 4.98 Å². The minimum absolute atomic E-state index is 0.976. The first kappa shape index (κ1) is 13.3. The van der Waals surface area contributed by atoms with Crippen molar-refractivity contribution in [1.82, 2.24) is 4.98 Å². The Morgan fingerprint density at radius 1 is 0.667 bits per heavy atom. The summed E-state index contributed by atoms with van der Waals surface area (Å²) >= 11 is 0. The van der Waals surface area contributed by atoms with E-state index in [4.69, 9.17) is 0 Å². The standard InChI is InChI=1S/C22H16N2/c1-3-17-10-15(1)9-16-2-4-18(11-16)13-20-6-8-22(24-20)14-21-7-5-19(12-17)23-21/h1-10,12-14,24H,11H2. The predicted octanol–water partition coefficient (Wildman–Crippen LogP) is 5.07. The zero-order chi connectivity index (χ0) is 15.9. The van der Waals surface area contributed by atoms with E-state index in [-0.39, 0.29) is 0 Å². The number of rotatable bonds is 0. The van der Waals surface area contributed by atoms with Crippen molar-refractivity contribution in [1.29, 1.82) is 0 Å². The number of hydrogen-bond acceptors (Lipinski definition) is 1. The molecule has 2 aliphatic heterocycles. The van der Waals surface area contributed by atoms with Gasteiger partial charge in [-0.1, -0.05) is 30.4 Å². The van der Waals surface area contributed by atoms with Gasteiger partial charge in [0, 0.05) is 11.4 Å². The fourth-order valence-electron chi connectivity index (χ4n) is 3.32. The Bertz CT molecular complexity index is 1010. The molecule has 1 aromatic rings. The monoisotopic (exact) mass is 308 g/mol. The molecule has 1 aromatic heterocycles. The molecule has 0 unspecified atom stereocenters. The summed E-state index contributed by atoms with van der Waals surface area (Å²) in [7, 11) is 0. The molecular formula is C22H16N2. The van der Waals surface area contributed by atoms with E-state index in [2.05, 4.69) is 88.9 Å². The van der Waals surface area contributed by atoms with E-state index in [1.165, 1.54) is 22.3 Å². The largest absolute Gasteiger partial charge is 0.355 e. The highest BCUT2D eigenvalue weighted by Gasteiger charge is 2.10. The van der Waals surface area contributed by atoms with Crippen LogP contribution in [-0.4, -0.2) is 10.7 Å². The van der Waals surface area contributed by atoms with Gasteiger partial charge in [-0.15, -0.1) is 0 Å². The molecule has 3 heterocycles. The van der Waals surface area contributed by atoms with Crippen molar-refractivity contribution in [2.75, 3.05) is 0 Å². The van der Waals surface area contributed by atoms with Crippen LogP contribution in [0.25, 0.3) is 12.2 Å². The molecule has 0 saturated carbocycles. The number of allylic oxidation sites excluding steroid dienone is 13. The lowest BCUT2D eigenvalue weighted by Crippen LogP contribution is -1.84. The first-order chi connectivity index (χ1) is 11.8. The molecule has 114 valence electrons. The van der Waals surface area contributed by atoms with Crippen LogP contribution < -0.4 is 0 Å². The zero-order valence-corrected chi connectivity index (χ0v) is 13.2. The van der Waals surface area contributed by atoms with Crippen molar-refractivity contribution in [3.8, 4) is 0 Å². The maximum Gasteiger partial charge on any atom is 0.0658 e. The van der Waals surface area contributed by atoms with Crippen molar-refractivity contribution in [2.45, 2.75) is 6.42 Å². The Morgan fingerprint density at radius 3 is 2.29 bits per heavy atom. The molecule has 5 rings (SSSR count). The number of hydrogen-bond donors (Lipinski definition) is 1. The van der Waals surface area contributed by atoms with E-state index < -0.39 is 0 Å². The van der Waals surface area contributed by atoms with Crippen LogP contribution in [0.15, 0.2) is 99.8 Å². The summed E-state index contributed by atoms with van der Waals surface area (Å²) in [4.78, 5) is 8.12. The van der Waals surface area contributed by atoms with E-state index in [1.807, 2.05) is 0 Å². The third-order valence-corrected chi connectivity index (χ3v) is 4.45. The molecule has 0 fully saturated rings. The summed E-state index contributed by atoms with van der Waals surface area (Å²) < 4.78 is 0. The minimum Gasteiger partial charge on any atom is -0.355 e. The summed E-state index contributed by atoms with van der Waals surface area (Å²) in [6, 6.07) is 4.21. The third kappa shape index (κ3) is 2.52. The number of aromatic amines is 1. The van der Waals surface area contributed by atoms with Crippen LogP contribution in [0.1, 0.15) is 17.8 Å². The first-order valence-corrected chi connectivity index (χ1v) is 8.18. The highest BCUT2D eigenvalue weighted by atomic mass is 14.8. The number of fused-ring (bicyclic) bond motifs is 6. The first-order valence-electron chi connectivity index (χ1n) is 8.18. The van der Waals surface area contributed by atoms with Crippen LogP contribution in [0.4, 0.5) is 0 Å². The second kappa shape index (κ2) is 5.20. The molecule has 4 aliphatic rings. The van der Waals surface area contributed by atoms with Crippen molar-refractivity contribution in [2.24, 2.45) is 4.99 Å². The van der Waals surface area contributed by atoms with Crippen molar-refractivity contribution in [3.63, 3.8) is 0 Å². The molecule has 2 aliphatic carbocycles. The minimum atomic E-state index is 0.976. The van der Waals surface area contributed by atoms with Gasteiger partial charge >= 0.3 is 0 Å². The van der Waals surface area contributed by atoms with Crippen LogP contribution in [0.3, 0.4) is 0 Å². The SMILES string of the molecule is C1=CC2=CC3=NC(=Cc4ccc([nH]4)C=C4C=CC(=CC1=C2)C4)C=C3. The van der Waals surface area contributed by atoms with Gasteiger partial charge in [0.15, 0.2) is 0 Å². The lowest BCUT2D eigenvalue weighted by molar-refractivity contribution is 1.26. The maximum atomic E-state index is 4.67. The molecule has 0 spiro atoms. The predicted molar refractivity (Wildman–Crippen MR) is 100 cm³/mol. The normalized spacial score (nSPS) is 20.5. The topological polar surface area (TPSA) is 28.1 Å². The summed E-state index contributed by atoms with van der Waals surface area (Å²) in [5, 5.41) is 0. The Morgan fingerprint density at radius 2 is 1.42 bits per heavy atom. The van der Waals surface area contributed by atoms with Gasteiger partial charge in [0.05, 0.1) is 11.4 Å². The zero-order valence-electron chi connectivity index (χ0n) is 13.2. The average molecular weight is 308 g/mol. The lowest BCUT2D eigenvalue weighted by Gasteiger charge is -1.97. The van der Waals surface area contributed by atoms with Gasteiger partial charge in [-0.05, 0) is 77.3 Å². The van der Waals surface area contributed by atoms with Crippen molar-refractivity contribution < 1.29 is 0 Å². The van der Waals surface area contributed by atoms with Gasteiger partial charge in [0.2, 0.25) is 0 Å². The lowest BCUT2D eigenvalue weighted by atomic mass is 10.1. The molecule has 8 bridgehead atoms. The smallest absolute Gasteiger partial charge is 0.0658 e. The highest BCUT2D eigenvalue weighted by molar-refractivity contribution is 6.08. The summed E-state index contributed by atoms with van der Waals surface area (Å²) in [6.45, 7) is 0. The van der Waals surface area contributed by atoms with E-state index in [9.17, 15) is 0 Å². The Hall–Kier alpha value is -3.13. The molecule has 2 nitrogen and oxygen atoms in total. The third-order valence-electron chi connectivity index (χ3n) is 4.45. The fraction of sp³-hybridized carbons (Fsp3) is 0.0455. The van der Waals surface area contributed by atoms with Crippen LogP contribution in [0.5, 0.6) is 0 Å². The molecule has 2 heteroatoms. The van der Waals surface area contributed by atoms with E-state index >= 15 is 0 Å². The summed E-state index contributed by atoms with van der Waals surface area (Å²) in [5.41, 5.74) is 9.28. The number of aliphatic imine (C=N–C) groups is 1. The van der Waals surface area contributed by atoms with Gasteiger partial charge in [-0.2, -0.15) is 0 Å². The molecule has 0 atom stereocenters. The molecular weight excluding hydrogens is 292 g/mol. The number of nitrogens with zero attached hydrogens (tertiary/aromatic N) is 1. The maximum absolute atomic E-state index is 4.67. The Kier molecular flexibility index (Phi) is 2.89. The van der Waals surface area contributed by atoms with Crippen molar-refractivity contribution >= 4 is 17.9 Å². The molecule has 0 amide bonds. The number of nitrogens with one attached hydrogen (secondary N) is 1. The van der Waals surface area contributed by atoms with E-state index in [0.717, 1.165) is 29.2 Å². The average Bonchev–Trinajstić information content (AvgIpc) is 3.32. The second-order valence-corrected chi connectivity index (χ2v) is 6.38. The summed E-state index contributed by atoms with van der Waals surface area (Å²) in [5.74, 6) is 0. The van der Waals surface area contributed by atoms with Gasteiger partial charge in [0.1, 0.15) is 0 Å². The molecule has 0 radical (unpaired) electrons. The second-order valence-electron chi connectivity index (χ2n) is 6.38. The Labute approximate surface area is 141 Å². The Balaban J connectivity index is 1.64. The van der Waals surface area contributed by atoms with E-state index in [1.54, 1.807) is 0 Å². The van der Waals surface area contributed by atoms with E-state index in [0.29, 0.717) is 0 Å². The van der Waals surface area contributed by atoms with Gasteiger partial charge in [-0.3, -0.25) is 0 Å². The van der Waals surface area contributed by atoms with Crippen LogP contribution in [0, 0.1) is 0 Å². The highest BCUT2D eigenvalue weighted by Crippen LogP contribution is 2.28. The number of H-pyrrole nitrogens is 1. The van der Waals surface area contributed by atoms with Gasteiger partial charge in [0.25, 0.3) is 0 Å². The van der Waals surface area contributed by atoms with Crippen LogP contribution in [0.2, 0.25) is 0 Å². The molecule has 1 N–H and O–H groups in total. The summed E-state index contributed by atoms with van der Waals surface area (Å²) in [6.07, 6.45) is 24.7. The molecule has 0 aromatic carbocycles. The van der Waals surface area contributed by atoms with Crippen LogP contribution in [-0.2, 0) is 0 Å². The molecule has 24 heavy (non-hydrogen) atoms. The quantitative estimate of drug-likeness (QED) is 0.693. The van der Waals surface area contributed by atoms with Gasteiger partial charge in [-0.25, -0.2) is 4.99 Å². The van der Waals surface area contributed by atoms with Crippen LogP contribution >= 0.6 is 0 Å². The number of aromatic nitrogens is 1.